The highest BCUT2D eigenvalue weighted by molar-refractivity contribution is 7.99. The van der Waals surface area contributed by atoms with E-state index in [9.17, 15) is 26.3 Å². The second kappa shape index (κ2) is 6.78. The van der Waals surface area contributed by atoms with Gasteiger partial charge < -0.3 is 5.32 Å². The fourth-order valence-corrected chi connectivity index (χ4v) is 2.23. The number of halogens is 7. The van der Waals surface area contributed by atoms with Crippen LogP contribution in [0.15, 0.2) is 28.1 Å². The lowest BCUT2D eigenvalue weighted by Crippen LogP contribution is -2.34. The monoisotopic (exact) mass is 350 g/mol. The maximum absolute atomic E-state index is 12.5. The average Bonchev–Trinajstić information content (AvgIpc) is 2.33. The van der Waals surface area contributed by atoms with Gasteiger partial charge >= 0.3 is 12.4 Å². The van der Waals surface area contributed by atoms with E-state index in [0.717, 1.165) is 13.1 Å². The van der Waals surface area contributed by atoms with Crippen LogP contribution in [-0.4, -0.2) is 31.0 Å². The Bertz CT molecular complexity index is 526. The Balaban J connectivity index is 3.04. The summed E-state index contributed by atoms with van der Waals surface area (Å²) in [5.41, 5.74) is -0.147. The van der Waals surface area contributed by atoms with E-state index in [-0.39, 0.29) is 15.6 Å². The molecule has 0 spiro atoms. The quantitative estimate of drug-likeness (QED) is 0.366. The summed E-state index contributed by atoms with van der Waals surface area (Å²) in [5, 5.41) is 1.90. The normalized spacial score (nSPS) is 13.4. The van der Waals surface area contributed by atoms with Crippen molar-refractivity contribution in [2.45, 2.75) is 17.2 Å². The fraction of sp³-hybridized carbons (Fsp3) is 0.364. The molecular weight excluding hydrogens is 342 g/mol. The van der Waals surface area contributed by atoms with Crippen molar-refractivity contribution in [1.82, 2.24) is 5.32 Å². The van der Waals surface area contributed by atoms with E-state index >= 15 is 0 Å². The molecule has 0 bridgehead atoms. The molecule has 0 saturated carbocycles. The zero-order chi connectivity index (χ0) is 16.3. The molecule has 0 amide bonds. The van der Waals surface area contributed by atoms with Crippen molar-refractivity contribution in [3.05, 3.63) is 23.2 Å². The topological polar surface area (TPSA) is 24.4 Å². The smallest absolute Gasteiger partial charge is 0.369 e. The van der Waals surface area contributed by atoms with Crippen LogP contribution in [0.5, 0.6) is 0 Å². The number of hydrogen-bond acceptors (Lipinski definition) is 2. The highest BCUT2D eigenvalue weighted by Crippen LogP contribution is 2.35. The first-order valence-electron chi connectivity index (χ1n) is 5.35. The van der Waals surface area contributed by atoms with E-state index in [1.807, 2.05) is 5.32 Å². The van der Waals surface area contributed by atoms with Crippen molar-refractivity contribution in [1.29, 1.82) is 0 Å². The summed E-state index contributed by atoms with van der Waals surface area (Å²) < 4.78 is 74.0. The SMILES string of the molecule is CN/C(=N/c1ccc(Cl)c(SCC(F)(F)F)c1)C(F)(F)F. The van der Waals surface area contributed by atoms with Crippen LogP contribution in [0.3, 0.4) is 0 Å². The van der Waals surface area contributed by atoms with Gasteiger partial charge in [-0.3, -0.25) is 0 Å². The van der Waals surface area contributed by atoms with Gasteiger partial charge in [-0.1, -0.05) is 11.6 Å². The molecule has 1 aromatic carbocycles. The summed E-state index contributed by atoms with van der Waals surface area (Å²) in [4.78, 5) is 3.33. The van der Waals surface area contributed by atoms with Gasteiger partial charge in [0.25, 0.3) is 0 Å². The van der Waals surface area contributed by atoms with E-state index in [2.05, 4.69) is 4.99 Å². The molecule has 0 fully saturated rings. The third-order valence-corrected chi connectivity index (χ3v) is 3.61. The maximum atomic E-state index is 12.5. The van der Waals surface area contributed by atoms with Crippen molar-refractivity contribution in [3.8, 4) is 0 Å². The van der Waals surface area contributed by atoms with Gasteiger partial charge in [-0.15, -0.1) is 11.8 Å². The molecule has 1 aromatic rings. The Morgan fingerprint density at radius 3 is 2.33 bits per heavy atom. The first-order valence-corrected chi connectivity index (χ1v) is 6.72. The zero-order valence-electron chi connectivity index (χ0n) is 10.4. The summed E-state index contributed by atoms with van der Waals surface area (Å²) in [6.07, 6.45) is -9.09. The van der Waals surface area contributed by atoms with Gasteiger partial charge in [0.1, 0.15) is 0 Å². The van der Waals surface area contributed by atoms with E-state index in [0.29, 0.717) is 11.8 Å². The van der Waals surface area contributed by atoms with Gasteiger partial charge in [0, 0.05) is 11.9 Å². The van der Waals surface area contributed by atoms with E-state index in [4.69, 9.17) is 11.6 Å². The van der Waals surface area contributed by atoms with Crippen LogP contribution in [-0.2, 0) is 0 Å². The molecule has 0 unspecified atom stereocenters. The molecule has 0 aliphatic heterocycles. The van der Waals surface area contributed by atoms with Gasteiger partial charge in [0.2, 0.25) is 5.84 Å². The number of aliphatic imine (C=N–C) groups is 1. The number of nitrogens with zero attached hydrogens (tertiary/aromatic N) is 1. The van der Waals surface area contributed by atoms with Crippen molar-refractivity contribution in [2.75, 3.05) is 12.8 Å². The number of hydrogen-bond donors (Lipinski definition) is 1. The lowest BCUT2D eigenvalue weighted by molar-refractivity contribution is -0.105. The molecule has 0 heterocycles. The minimum atomic E-state index is -4.69. The molecule has 0 aromatic heterocycles. The van der Waals surface area contributed by atoms with Gasteiger partial charge in [0.15, 0.2) is 0 Å². The van der Waals surface area contributed by atoms with Crippen LogP contribution < -0.4 is 5.32 Å². The Hall–Kier alpha value is -1.09. The largest absolute Gasteiger partial charge is 0.449 e. The molecule has 0 radical (unpaired) electrons. The average molecular weight is 351 g/mol. The second-order valence-electron chi connectivity index (χ2n) is 3.73. The van der Waals surface area contributed by atoms with Crippen molar-refractivity contribution in [3.63, 3.8) is 0 Å². The fourth-order valence-electron chi connectivity index (χ4n) is 1.22. The Kier molecular flexibility index (Phi) is 5.80. The Morgan fingerprint density at radius 2 is 1.86 bits per heavy atom. The van der Waals surface area contributed by atoms with Crippen LogP contribution >= 0.6 is 23.4 Å². The number of benzene rings is 1. The minimum absolute atomic E-state index is 0.00729. The van der Waals surface area contributed by atoms with Gasteiger partial charge in [-0.05, 0) is 18.2 Å². The highest BCUT2D eigenvalue weighted by atomic mass is 35.5. The molecule has 1 N–H and O–H groups in total. The lowest BCUT2D eigenvalue weighted by Gasteiger charge is -2.11. The lowest BCUT2D eigenvalue weighted by atomic mass is 10.3. The summed E-state index contributed by atoms with van der Waals surface area (Å²) in [5.74, 6) is -2.45. The first-order chi connectivity index (χ1) is 9.53. The molecular formula is C11H9ClF6N2S. The Morgan fingerprint density at radius 1 is 1.24 bits per heavy atom. The van der Waals surface area contributed by atoms with Crippen LogP contribution in [0.25, 0.3) is 0 Å². The van der Waals surface area contributed by atoms with Crippen molar-refractivity contribution < 1.29 is 26.3 Å². The van der Waals surface area contributed by atoms with Crippen LogP contribution in [0.2, 0.25) is 5.02 Å². The molecule has 118 valence electrons. The van der Waals surface area contributed by atoms with Gasteiger partial charge in [0.05, 0.1) is 16.5 Å². The van der Waals surface area contributed by atoms with Gasteiger partial charge in [-0.25, -0.2) is 4.99 Å². The summed E-state index contributed by atoms with van der Waals surface area (Å²) >= 11 is 6.09. The molecule has 21 heavy (non-hydrogen) atoms. The number of alkyl halides is 6. The molecule has 0 saturated heterocycles. The molecule has 2 nitrogen and oxygen atoms in total. The zero-order valence-corrected chi connectivity index (χ0v) is 12.0. The van der Waals surface area contributed by atoms with E-state index in [1.54, 1.807) is 0 Å². The maximum Gasteiger partial charge on any atom is 0.449 e. The highest BCUT2D eigenvalue weighted by Gasteiger charge is 2.35. The van der Waals surface area contributed by atoms with Crippen LogP contribution in [0.4, 0.5) is 32.0 Å². The number of nitrogens with one attached hydrogen (secondary N) is 1. The molecule has 10 heteroatoms. The summed E-state index contributed by atoms with van der Waals surface area (Å²) in [7, 11) is 1.04. The molecule has 0 aliphatic carbocycles. The standard InChI is InChI=1S/C11H9ClF6N2S/c1-19-9(11(16,17)18)20-6-2-3-7(12)8(4-6)21-5-10(13,14)15/h2-4H,5H2,1H3,(H,19,20). The molecule has 1 rings (SSSR count). The third-order valence-electron chi connectivity index (χ3n) is 2.05. The van der Waals surface area contributed by atoms with Crippen molar-refractivity contribution >= 4 is 34.9 Å². The predicted octanol–water partition coefficient (Wildman–Crippen LogP) is 4.81. The van der Waals surface area contributed by atoms with E-state index < -0.39 is 23.9 Å². The first kappa shape index (κ1) is 18.0. The van der Waals surface area contributed by atoms with Crippen molar-refractivity contribution in [2.24, 2.45) is 4.99 Å². The summed E-state index contributed by atoms with van der Waals surface area (Å²) in [6, 6.07) is 3.45. The summed E-state index contributed by atoms with van der Waals surface area (Å²) in [6.45, 7) is 0. The minimum Gasteiger partial charge on any atom is -0.369 e. The van der Waals surface area contributed by atoms with Crippen LogP contribution in [0.1, 0.15) is 0 Å². The van der Waals surface area contributed by atoms with Gasteiger partial charge in [-0.2, -0.15) is 26.3 Å². The predicted molar refractivity (Wildman–Crippen MR) is 70.4 cm³/mol. The third kappa shape index (κ3) is 6.04. The second-order valence-corrected chi connectivity index (χ2v) is 5.15. The number of rotatable bonds is 3. The molecule has 0 atom stereocenters. The molecule has 0 aliphatic rings. The van der Waals surface area contributed by atoms with E-state index in [1.165, 1.54) is 12.1 Å². The van der Waals surface area contributed by atoms with Crippen LogP contribution in [0, 0.1) is 0 Å². The number of amidine groups is 1. The Labute approximate surface area is 125 Å². The number of thioether (sulfide) groups is 1.